The maximum Gasteiger partial charge on any atom is 0.231 e. The summed E-state index contributed by atoms with van der Waals surface area (Å²) in [5.74, 6) is -0.296. The molecule has 0 saturated carbocycles. The zero-order chi connectivity index (χ0) is 12.7. The maximum atomic E-state index is 11.1. The summed E-state index contributed by atoms with van der Waals surface area (Å²) in [6.45, 7) is 3.77. The molecule has 0 fully saturated rings. The third kappa shape index (κ3) is 4.46. The quantitative estimate of drug-likeness (QED) is 0.736. The van der Waals surface area contributed by atoms with Crippen molar-refractivity contribution in [2.24, 2.45) is 11.5 Å². The van der Waals surface area contributed by atoms with Crippen molar-refractivity contribution in [3.8, 4) is 0 Å². The number of nitrogens with zero attached hydrogens (tertiary/aromatic N) is 1. The van der Waals surface area contributed by atoms with Crippen molar-refractivity contribution in [3.63, 3.8) is 0 Å². The highest BCUT2D eigenvalue weighted by atomic mass is 32.1. The van der Waals surface area contributed by atoms with E-state index in [1.165, 1.54) is 5.56 Å². The summed E-state index contributed by atoms with van der Waals surface area (Å²) in [4.78, 5) is 13.2. The number of amides is 1. The Balaban J connectivity index is 2.74. The standard InChI is InChI=1S/C12H21N3OS/c1-2-3-5-15(8-12(14)16)11(7-13)10-4-6-17-9-10/h4,6,9,11H,2-3,5,7-8,13H2,1H3,(H2,14,16). The van der Waals surface area contributed by atoms with Crippen molar-refractivity contribution in [1.82, 2.24) is 4.90 Å². The molecule has 1 atom stereocenters. The van der Waals surface area contributed by atoms with Crippen molar-refractivity contribution in [3.05, 3.63) is 22.4 Å². The lowest BCUT2D eigenvalue weighted by Crippen LogP contribution is -2.40. The number of carbonyl (C=O) groups excluding carboxylic acids is 1. The van der Waals surface area contributed by atoms with Gasteiger partial charge in [0.05, 0.1) is 6.54 Å². The number of thiophene rings is 1. The zero-order valence-electron chi connectivity index (χ0n) is 10.3. The average Bonchev–Trinajstić information content (AvgIpc) is 2.79. The zero-order valence-corrected chi connectivity index (χ0v) is 11.1. The summed E-state index contributed by atoms with van der Waals surface area (Å²) < 4.78 is 0. The average molecular weight is 255 g/mol. The summed E-state index contributed by atoms with van der Waals surface area (Å²) in [5, 5.41) is 4.11. The smallest absolute Gasteiger partial charge is 0.231 e. The fourth-order valence-electron chi connectivity index (χ4n) is 1.87. The van der Waals surface area contributed by atoms with Gasteiger partial charge in [-0.15, -0.1) is 0 Å². The lowest BCUT2D eigenvalue weighted by atomic mass is 10.1. The summed E-state index contributed by atoms with van der Waals surface area (Å²) in [7, 11) is 0. The minimum Gasteiger partial charge on any atom is -0.369 e. The SMILES string of the molecule is CCCCN(CC(N)=O)C(CN)c1ccsc1. The van der Waals surface area contributed by atoms with Crippen molar-refractivity contribution >= 4 is 17.2 Å². The van der Waals surface area contributed by atoms with E-state index < -0.39 is 0 Å². The van der Waals surface area contributed by atoms with Crippen molar-refractivity contribution < 1.29 is 4.79 Å². The van der Waals surface area contributed by atoms with Gasteiger partial charge in [-0.1, -0.05) is 13.3 Å². The molecule has 0 aliphatic heterocycles. The van der Waals surface area contributed by atoms with E-state index in [9.17, 15) is 4.79 Å². The van der Waals surface area contributed by atoms with Gasteiger partial charge < -0.3 is 11.5 Å². The van der Waals surface area contributed by atoms with E-state index in [0.717, 1.165) is 19.4 Å². The highest BCUT2D eigenvalue weighted by Gasteiger charge is 2.20. The van der Waals surface area contributed by atoms with Crippen LogP contribution < -0.4 is 11.5 Å². The van der Waals surface area contributed by atoms with Gasteiger partial charge in [0.2, 0.25) is 5.91 Å². The second-order valence-electron chi connectivity index (χ2n) is 4.10. The van der Waals surface area contributed by atoms with Crippen LogP contribution in [0.15, 0.2) is 16.8 Å². The molecule has 0 aliphatic carbocycles. The Morgan fingerprint density at radius 3 is 2.82 bits per heavy atom. The van der Waals surface area contributed by atoms with E-state index in [-0.39, 0.29) is 18.5 Å². The summed E-state index contributed by atoms with van der Waals surface area (Å²) in [5.41, 5.74) is 12.3. The molecule has 4 nitrogen and oxygen atoms in total. The second-order valence-corrected chi connectivity index (χ2v) is 4.88. The normalized spacial score (nSPS) is 12.9. The van der Waals surface area contributed by atoms with Crippen LogP contribution in [0.1, 0.15) is 31.4 Å². The molecule has 4 N–H and O–H groups in total. The maximum absolute atomic E-state index is 11.1. The van der Waals surface area contributed by atoms with Crippen LogP contribution in [-0.4, -0.2) is 30.4 Å². The van der Waals surface area contributed by atoms with Crippen LogP contribution >= 0.6 is 11.3 Å². The first-order valence-electron chi connectivity index (χ1n) is 5.93. The van der Waals surface area contributed by atoms with Gasteiger partial charge in [0.1, 0.15) is 0 Å². The Kier molecular flexibility index (Phi) is 6.18. The van der Waals surface area contributed by atoms with Crippen LogP contribution in [-0.2, 0) is 4.79 Å². The molecule has 96 valence electrons. The molecular weight excluding hydrogens is 234 g/mol. The number of hydrogen-bond donors (Lipinski definition) is 2. The van der Waals surface area contributed by atoms with E-state index >= 15 is 0 Å². The Morgan fingerprint density at radius 2 is 2.35 bits per heavy atom. The highest BCUT2D eigenvalue weighted by Crippen LogP contribution is 2.22. The molecule has 1 unspecified atom stereocenters. The lowest BCUT2D eigenvalue weighted by Gasteiger charge is -2.29. The number of hydrogen-bond acceptors (Lipinski definition) is 4. The lowest BCUT2D eigenvalue weighted by molar-refractivity contribution is -0.119. The van der Waals surface area contributed by atoms with Gasteiger partial charge in [-0.2, -0.15) is 11.3 Å². The second kappa shape index (κ2) is 7.42. The van der Waals surface area contributed by atoms with Crippen LogP contribution in [0.5, 0.6) is 0 Å². The van der Waals surface area contributed by atoms with Gasteiger partial charge >= 0.3 is 0 Å². The van der Waals surface area contributed by atoms with Crippen molar-refractivity contribution in [2.75, 3.05) is 19.6 Å². The first-order chi connectivity index (χ1) is 8.19. The number of rotatable bonds is 8. The van der Waals surface area contributed by atoms with E-state index in [0.29, 0.717) is 6.54 Å². The first-order valence-corrected chi connectivity index (χ1v) is 6.87. The minimum absolute atomic E-state index is 0.0975. The van der Waals surface area contributed by atoms with Gasteiger partial charge in [0.25, 0.3) is 0 Å². The molecule has 0 aliphatic rings. The van der Waals surface area contributed by atoms with Crippen LogP contribution in [0.4, 0.5) is 0 Å². The fourth-order valence-corrected chi connectivity index (χ4v) is 2.57. The van der Waals surface area contributed by atoms with E-state index in [2.05, 4.69) is 23.3 Å². The summed E-state index contributed by atoms with van der Waals surface area (Å²) in [6.07, 6.45) is 2.14. The minimum atomic E-state index is -0.296. The third-order valence-corrected chi connectivity index (χ3v) is 3.45. The molecule has 1 aromatic rings. The van der Waals surface area contributed by atoms with Crippen molar-refractivity contribution in [2.45, 2.75) is 25.8 Å². The highest BCUT2D eigenvalue weighted by molar-refractivity contribution is 7.07. The number of carbonyl (C=O) groups is 1. The van der Waals surface area contributed by atoms with Gasteiger partial charge in [-0.3, -0.25) is 9.69 Å². The van der Waals surface area contributed by atoms with Crippen molar-refractivity contribution in [1.29, 1.82) is 0 Å². The topological polar surface area (TPSA) is 72.3 Å². The number of unbranched alkanes of at least 4 members (excludes halogenated alkanes) is 1. The van der Waals surface area contributed by atoms with Gasteiger partial charge in [-0.25, -0.2) is 0 Å². The monoisotopic (exact) mass is 255 g/mol. The molecular formula is C12H21N3OS. The molecule has 0 aromatic carbocycles. The largest absolute Gasteiger partial charge is 0.369 e. The molecule has 17 heavy (non-hydrogen) atoms. The van der Waals surface area contributed by atoms with E-state index in [1.54, 1.807) is 11.3 Å². The Bertz CT molecular complexity index is 327. The van der Waals surface area contributed by atoms with Crippen LogP contribution in [0, 0.1) is 0 Å². The Morgan fingerprint density at radius 1 is 1.59 bits per heavy atom. The molecule has 5 heteroatoms. The Hall–Kier alpha value is -0.910. The number of nitrogens with two attached hydrogens (primary N) is 2. The van der Waals surface area contributed by atoms with Crippen LogP contribution in [0.25, 0.3) is 0 Å². The third-order valence-electron chi connectivity index (χ3n) is 2.75. The van der Waals surface area contributed by atoms with Crippen LogP contribution in [0.3, 0.4) is 0 Å². The van der Waals surface area contributed by atoms with E-state index in [1.807, 2.05) is 5.38 Å². The first kappa shape index (κ1) is 14.2. The van der Waals surface area contributed by atoms with Crippen LogP contribution in [0.2, 0.25) is 0 Å². The Labute approximate surface area is 107 Å². The molecule has 1 rings (SSSR count). The van der Waals surface area contributed by atoms with E-state index in [4.69, 9.17) is 11.5 Å². The predicted molar refractivity (Wildman–Crippen MR) is 71.8 cm³/mol. The van der Waals surface area contributed by atoms with Gasteiger partial charge in [0.15, 0.2) is 0 Å². The molecule has 0 bridgehead atoms. The predicted octanol–water partition coefficient (Wildman–Crippen LogP) is 1.34. The fraction of sp³-hybridized carbons (Fsp3) is 0.583. The molecule has 1 amide bonds. The summed E-state index contributed by atoms with van der Waals surface area (Å²) in [6, 6.07) is 2.16. The molecule has 1 heterocycles. The number of primary amides is 1. The molecule has 0 radical (unpaired) electrons. The van der Waals surface area contributed by atoms with Gasteiger partial charge in [-0.05, 0) is 35.4 Å². The molecule has 0 spiro atoms. The summed E-state index contributed by atoms with van der Waals surface area (Å²) >= 11 is 1.65. The van der Waals surface area contributed by atoms with Gasteiger partial charge in [0, 0.05) is 12.6 Å². The molecule has 0 saturated heterocycles. The molecule has 1 aromatic heterocycles.